The Morgan fingerprint density at radius 3 is 1.48 bits per heavy atom. The maximum absolute atomic E-state index is 2.54. The quantitative estimate of drug-likeness (QED) is 0.627. The number of allylic oxidation sites excluding steroid dienone is 4. The van der Waals surface area contributed by atoms with Crippen molar-refractivity contribution in [1.82, 2.24) is 0 Å². The Morgan fingerprint density at radius 1 is 0.680 bits per heavy atom. The van der Waals surface area contributed by atoms with Crippen molar-refractivity contribution < 1.29 is 0 Å². The zero-order chi connectivity index (χ0) is 17.9. The van der Waals surface area contributed by atoms with E-state index in [0.717, 1.165) is 0 Å². The van der Waals surface area contributed by atoms with Crippen molar-refractivity contribution in [2.75, 3.05) is 0 Å². The molecule has 0 amide bonds. The van der Waals surface area contributed by atoms with E-state index < -0.39 is 8.07 Å². The van der Waals surface area contributed by atoms with E-state index in [0.29, 0.717) is 11.8 Å². The molecule has 0 spiro atoms. The standard InChI is InChI=1S/C24H28Si/c1-15-13-17(3)23-19(15)9-7-11-21(23)25(5,6)22-12-8-10-20-16(2)14-18(4)24(20)22/h7-14,17-18H,1-6H3. The van der Waals surface area contributed by atoms with Crippen molar-refractivity contribution >= 4 is 29.6 Å². The summed E-state index contributed by atoms with van der Waals surface area (Å²) in [4.78, 5) is 0. The van der Waals surface area contributed by atoms with Gasteiger partial charge >= 0.3 is 0 Å². The fourth-order valence-corrected chi connectivity index (χ4v) is 8.52. The van der Waals surface area contributed by atoms with Crippen LogP contribution in [0, 0.1) is 0 Å². The second-order valence-corrected chi connectivity index (χ2v) is 12.8. The highest BCUT2D eigenvalue weighted by Crippen LogP contribution is 2.37. The summed E-state index contributed by atoms with van der Waals surface area (Å²) in [5.74, 6) is 1.07. The van der Waals surface area contributed by atoms with Crippen LogP contribution in [0.5, 0.6) is 0 Å². The van der Waals surface area contributed by atoms with Crippen LogP contribution in [0.4, 0.5) is 0 Å². The lowest BCUT2D eigenvalue weighted by Crippen LogP contribution is -2.56. The van der Waals surface area contributed by atoms with Gasteiger partial charge in [0.05, 0.1) is 0 Å². The van der Waals surface area contributed by atoms with Crippen molar-refractivity contribution in [2.24, 2.45) is 0 Å². The van der Waals surface area contributed by atoms with E-state index in [9.17, 15) is 0 Å². The maximum Gasteiger partial charge on any atom is 0.113 e. The monoisotopic (exact) mass is 344 g/mol. The van der Waals surface area contributed by atoms with Gasteiger partial charge < -0.3 is 0 Å². The molecule has 0 saturated carbocycles. The lowest BCUT2D eigenvalue weighted by atomic mass is 10.0. The highest BCUT2D eigenvalue weighted by atomic mass is 28.3. The van der Waals surface area contributed by atoms with Gasteiger partial charge in [-0.05, 0) is 47.2 Å². The second-order valence-electron chi connectivity index (χ2n) is 8.44. The van der Waals surface area contributed by atoms with Crippen LogP contribution in [-0.2, 0) is 0 Å². The SMILES string of the molecule is CC1=CC(C)c2c1cccc2[Si](C)(C)c1cccc2c1C(C)C=C2C. The Balaban J connectivity index is 1.93. The van der Waals surface area contributed by atoms with Crippen molar-refractivity contribution in [3.8, 4) is 0 Å². The molecule has 2 aliphatic rings. The van der Waals surface area contributed by atoms with Crippen molar-refractivity contribution in [3.05, 3.63) is 70.8 Å². The molecule has 0 N–H and O–H groups in total. The second kappa shape index (κ2) is 5.57. The fraction of sp³-hybridized carbons (Fsp3) is 0.333. The summed E-state index contributed by atoms with van der Waals surface area (Å²) < 4.78 is 0. The van der Waals surface area contributed by atoms with E-state index in [1.165, 1.54) is 22.3 Å². The summed E-state index contributed by atoms with van der Waals surface area (Å²) in [6, 6.07) is 14.0. The molecule has 0 saturated heterocycles. The van der Waals surface area contributed by atoms with Gasteiger partial charge in [0.2, 0.25) is 0 Å². The van der Waals surface area contributed by atoms with Crippen LogP contribution in [0.2, 0.25) is 13.1 Å². The molecule has 0 aliphatic heterocycles. The summed E-state index contributed by atoms with van der Waals surface area (Å²) in [5, 5.41) is 3.24. The number of hydrogen-bond donors (Lipinski definition) is 0. The van der Waals surface area contributed by atoms with Gasteiger partial charge in [-0.1, -0.05) is 85.9 Å². The van der Waals surface area contributed by atoms with E-state index in [1.54, 1.807) is 21.5 Å². The third kappa shape index (κ3) is 2.32. The number of benzene rings is 2. The number of rotatable bonds is 2. The molecule has 2 unspecified atom stereocenters. The minimum atomic E-state index is -1.78. The first-order chi connectivity index (χ1) is 11.8. The van der Waals surface area contributed by atoms with Gasteiger partial charge in [0, 0.05) is 11.8 Å². The van der Waals surface area contributed by atoms with Crippen molar-refractivity contribution in [3.63, 3.8) is 0 Å². The molecule has 2 aromatic rings. The predicted octanol–water partition coefficient (Wildman–Crippen LogP) is 5.55. The molecule has 0 bridgehead atoms. The Hall–Kier alpha value is -1.86. The molecule has 25 heavy (non-hydrogen) atoms. The minimum absolute atomic E-state index is 0.534. The third-order valence-corrected chi connectivity index (χ3v) is 9.88. The Morgan fingerprint density at radius 2 is 1.08 bits per heavy atom. The van der Waals surface area contributed by atoms with Crippen LogP contribution in [0.15, 0.2) is 48.6 Å². The molecule has 2 aromatic carbocycles. The van der Waals surface area contributed by atoms with Crippen molar-refractivity contribution in [2.45, 2.75) is 52.6 Å². The first-order valence-corrected chi connectivity index (χ1v) is 12.5. The molecule has 1 heteroatoms. The predicted molar refractivity (Wildman–Crippen MR) is 114 cm³/mol. The molecule has 0 aromatic heterocycles. The lowest BCUT2D eigenvalue weighted by Gasteiger charge is -2.31. The van der Waals surface area contributed by atoms with Gasteiger partial charge in [0.15, 0.2) is 0 Å². The smallest absolute Gasteiger partial charge is 0.0737 e. The maximum atomic E-state index is 2.54. The van der Waals surface area contributed by atoms with E-state index >= 15 is 0 Å². The molecular weight excluding hydrogens is 316 g/mol. The van der Waals surface area contributed by atoms with Gasteiger partial charge in [-0.15, -0.1) is 0 Å². The number of hydrogen-bond acceptors (Lipinski definition) is 0. The minimum Gasteiger partial charge on any atom is -0.0737 e. The van der Waals surface area contributed by atoms with Gasteiger partial charge in [0.25, 0.3) is 0 Å². The fourth-order valence-electron chi connectivity index (χ4n) is 5.13. The van der Waals surface area contributed by atoms with Gasteiger partial charge in [-0.3, -0.25) is 0 Å². The summed E-state index contributed by atoms with van der Waals surface area (Å²) in [6.07, 6.45) is 4.87. The van der Waals surface area contributed by atoms with E-state index in [2.05, 4.69) is 89.3 Å². The molecule has 2 aliphatic carbocycles. The van der Waals surface area contributed by atoms with E-state index in [-0.39, 0.29) is 0 Å². The van der Waals surface area contributed by atoms with Crippen LogP contribution >= 0.6 is 0 Å². The lowest BCUT2D eigenvalue weighted by molar-refractivity contribution is 0.993. The molecule has 2 atom stereocenters. The average Bonchev–Trinajstić information content (AvgIpc) is 3.04. The first-order valence-electron chi connectivity index (χ1n) is 9.46. The van der Waals surface area contributed by atoms with Gasteiger partial charge in [0.1, 0.15) is 8.07 Å². The van der Waals surface area contributed by atoms with Gasteiger partial charge in [-0.2, -0.15) is 0 Å². The summed E-state index contributed by atoms with van der Waals surface area (Å²) in [7, 11) is -1.78. The van der Waals surface area contributed by atoms with Crippen LogP contribution in [0.3, 0.4) is 0 Å². The molecule has 0 heterocycles. The van der Waals surface area contributed by atoms with Crippen molar-refractivity contribution in [1.29, 1.82) is 0 Å². The molecule has 4 rings (SSSR count). The van der Waals surface area contributed by atoms with Crippen LogP contribution in [0.1, 0.15) is 61.8 Å². The summed E-state index contributed by atoms with van der Waals surface area (Å²) >= 11 is 0. The highest BCUT2D eigenvalue weighted by Gasteiger charge is 2.36. The van der Waals surface area contributed by atoms with Crippen LogP contribution in [-0.4, -0.2) is 8.07 Å². The zero-order valence-electron chi connectivity index (χ0n) is 16.3. The Labute approximate surface area is 153 Å². The molecule has 0 radical (unpaired) electrons. The average molecular weight is 345 g/mol. The zero-order valence-corrected chi connectivity index (χ0v) is 17.3. The summed E-state index contributed by atoms with van der Waals surface area (Å²) in [6.45, 7) is 14.3. The molecule has 128 valence electrons. The van der Waals surface area contributed by atoms with Gasteiger partial charge in [-0.25, -0.2) is 0 Å². The topological polar surface area (TPSA) is 0 Å². The van der Waals surface area contributed by atoms with E-state index in [4.69, 9.17) is 0 Å². The van der Waals surface area contributed by atoms with Crippen LogP contribution < -0.4 is 10.4 Å². The highest BCUT2D eigenvalue weighted by molar-refractivity contribution is 7.01. The van der Waals surface area contributed by atoms with E-state index in [1.807, 2.05) is 0 Å². The number of fused-ring (bicyclic) bond motifs is 2. The Kier molecular flexibility index (Phi) is 3.70. The third-order valence-electron chi connectivity index (χ3n) is 6.32. The Bertz CT molecular complexity index is 852. The first kappa shape index (κ1) is 16.6. The molecule has 0 fully saturated rings. The molecule has 0 nitrogen and oxygen atoms in total. The molecular formula is C24H28Si. The largest absolute Gasteiger partial charge is 0.113 e. The normalized spacial score (nSPS) is 21.7. The summed E-state index contributed by atoms with van der Waals surface area (Å²) in [5.41, 5.74) is 9.01. The van der Waals surface area contributed by atoms with Crippen LogP contribution in [0.25, 0.3) is 11.1 Å².